The molecular formula is C26H34N2O3. The number of aliphatic hydroxyl groups is 1. The third-order valence-electron chi connectivity index (χ3n) is 6.87. The first-order valence-corrected chi connectivity index (χ1v) is 11.4. The number of nitrogens with zero attached hydrogens (tertiary/aromatic N) is 1. The number of amides is 1. The summed E-state index contributed by atoms with van der Waals surface area (Å²) in [7, 11) is 0. The standard InChI is InChI=1S/C26H34N2O3/c1-25(13-14-25)24(30)27-26(22-11-6-3-7-12-22)15-17-28(19-23(26)29)16-8-18-31-20-21-9-4-2-5-10-21/h2-7,9-12,23,29H,8,13-20H2,1H3,(H,27,30)/t23-,26-/m1/s1. The minimum absolute atomic E-state index is 0.0677. The Morgan fingerprint density at radius 3 is 2.42 bits per heavy atom. The van der Waals surface area contributed by atoms with Crippen molar-refractivity contribution in [3.63, 3.8) is 0 Å². The van der Waals surface area contributed by atoms with Gasteiger partial charge in [0.1, 0.15) is 0 Å². The third kappa shape index (κ3) is 5.17. The van der Waals surface area contributed by atoms with Gasteiger partial charge in [0.25, 0.3) is 0 Å². The van der Waals surface area contributed by atoms with Crippen molar-refractivity contribution in [3.8, 4) is 0 Å². The highest BCUT2D eigenvalue weighted by Crippen LogP contribution is 2.46. The number of carbonyl (C=O) groups is 1. The average molecular weight is 423 g/mol. The molecule has 166 valence electrons. The smallest absolute Gasteiger partial charge is 0.226 e. The van der Waals surface area contributed by atoms with Crippen LogP contribution in [-0.2, 0) is 21.7 Å². The molecule has 0 aromatic heterocycles. The van der Waals surface area contributed by atoms with Crippen molar-refractivity contribution in [1.82, 2.24) is 10.2 Å². The van der Waals surface area contributed by atoms with Crippen LogP contribution in [0.25, 0.3) is 0 Å². The van der Waals surface area contributed by atoms with Gasteiger partial charge in [-0.3, -0.25) is 4.79 Å². The molecule has 2 aromatic rings. The lowest BCUT2D eigenvalue weighted by molar-refractivity contribution is -0.131. The minimum atomic E-state index is -0.718. The van der Waals surface area contributed by atoms with E-state index in [9.17, 15) is 9.90 Å². The predicted molar refractivity (Wildman–Crippen MR) is 121 cm³/mol. The van der Waals surface area contributed by atoms with Crippen LogP contribution in [0.3, 0.4) is 0 Å². The molecule has 0 unspecified atom stereocenters. The molecule has 5 nitrogen and oxygen atoms in total. The van der Waals surface area contributed by atoms with Gasteiger partial charge in [-0.05, 0) is 36.8 Å². The van der Waals surface area contributed by atoms with E-state index in [1.807, 2.05) is 55.5 Å². The Morgan fingerprint density at radius 1 is 1.10 bits per heavy atom. The summed E-state index contributed by atoms with van der Waals surface area (Å²) in [5.74, 6) is 0.0677. The van der Waals surface area contributed by atoms with E-state index in [0.717, 1.165) is 37.9 Å². The fourth-order valence-electron chi connectivity index (χ4n) is 4.41. The number of hydrogen-bond donors (Lipinski definition) is 2. The van der Waals surface area contributed by atoms with Gasteiger partial charge in [0.05, 0.1) is 18.2 Å². The van der Waals surface area contributed by atoms with E-state index in [2.05, 4.69) is 22.3 Å². The van der Waals surface area contributed by atoms with Crippen LogP contribution in [0.4, 0.5) is 0 Å². The van der Waals surface area contributed by atoms with Gasteiger partial charge in [0, 0.05) is 31.7 Å². The van der Waals surface area contributed by atoms with Crippen molar-refractivity contribution >= 4 is 5.91 Å². The molecule has 2 N–H and O–H groups in total. The van der Waals surface area contributed by atoms with E-state index in [0.29, 0.717) is 26.2 Å². The summed E-state index contributed by atoms with van der Waals surface area (Å²) in [6, 6.07) is 20.2. The lowest BCUT2D eigenvalue weighted by Gasteiger charge is -2.47. The maximum absolute atomic E-state index is 12.9. The van der Waals surface area contributed by atoms with Crippen molar-refractivity contribution in [1.29, 1.82) is 0 Å². The van der Waals surface area contributed by atoms with Gasteiger partial charge < -0.3 is 20.1 Å². The first-order valence-electron chi connectivity index (χ1n) is 11.4. The Bertz CT molecular complexity index is 853. The molecule has 2 atom stereocenters. The van der Waals surface area contributed by atoms with Crippen molar-refractivity contribution in [2.24, 2.45) is 5.41 Å². The number of β-amino-alcohol motifs (C(OH)–C–C–N with tert-alkyl or cyclic N) is 1. The third-order valence-corrected chi connectivity index (χ3v) is 6.87. The molecular weight excluding hydrogens is 388 g/mol. The summed E-state index contributed by atoms with van der Waals surface area (Å²) in [4.78, 5) is 15.2. The van der Waals surface area contributed by atoms with Crippen molar-refractivity contribution in [2.75, 3.05) is 26.2 Å². The maximum atomic E-state index is 12.9. The van der Waals surface area contributed by atoms with Crippen LogP contribution < -0.4 is 5.32 Å². The van der Waals surface area contributed by atoms with Crippen LogP contribution in [-0.4, -0.2) is 48.3 Å². The van der Waals surface area contributed by atoms with Crippen LogP contribution in [0.1, 0.15) is 43.7 Å². The summed E-state index contributed by atoms with van der Waals surface area (Å²) < 4.78 is 5.80. The molecule has 1 heterocycles. The quantitative estimate of drug-likeness (QED) is 0.608. The number of aliphatic hydroxyl groups excluding tert-OH is 1. The molecule has 2 aromatic carbocycles. The molecule has 2 fully saturated rings. The molecule has 4 rings (SSSR count). The van der Waals surface area contributed by atoms with Gasteiger partial charge in [-0.1, -0.05) is 67.6 Å². The minimum Gasteiger partial charge on any atom is -0.389 e. The number of piperidine rings is 1. The number of likely N-dealkylation sites (tertiary alicyclic amines) is 1. The molecule has 1 saturated heterocycles. The van der Waals surface area contributed by atoms with Crippen LogP contribution in [0, 0.1) is 5.41 Å². The summed E-state index contributed by atoms with van der Waals surface area (Å²) in [5.41, 5.74) is 1.19. The molecule has 0 radical (unpaired) electrons. The van der Waals surface area contributed by atoms with Crippen molar-refractivity contribution in [3.05, 3.63) is 71.8 Å². The Labute approximate surface area is 185 Å². The van der Waals surface area contributed by atoms with E-state index in [4.69, 9.17) is 4.74 Å². The second-order valence-electron chi connectivity index (χ2n) is 9.31. The SMILES string of the molecule is CC1(C(=O)N[C@@]2(c3ccccc3)CCN(CCCOCc3ccccc3)C[C@H]2O)CC1. The summed E-state index contributed by atoms with van der Waals surface area (Å²) in [6.45, 7) is 5.60. The number of ether oxygens (including phenoxy) is 1. The summed E-state index contributed by atoms with van der Waals surface area (Å²) >= 11 is 0. The highest BCUT2D eigenvalue weighted by molar-refractivity contribution is 5.85. The normalized spacial score (nSPS) is 25.2. The Balaban J connectivity index is 1.32. The number of carbonyl (C=O) groups excluding carboxylic acids is 1. The monoisotopic (exact) mass is 422 g/mol. The fraction of sp³-hybridized carbons (Fsp3) is 0.500. The molecule has 31 heavy (non-hydrogen) atoms. The first-order chi connectivity index (χ1) is 15.0. The zero-order valence-electron chi connectivity index (χ0n) is 18.4. The van der Waals surface area contributed by atoms with Gasteiger partial charge in [-0.25, -0.2) is 0 Å². The van der Waals surface area contributed by atoms with Gasteiger partial charge in [-0.2, -0.15) is 0 Å². The average Bonchev–Trinajstić information content (AvgIpc) is 3.55. The first kappa shape index (κ1) is 22.0. The molecule has 1 saturated carbocycles. The van der Waals surface area contributed by atoms with Crippen molar-refractivity contribution in [2.45, 2.75) is 50.9 Å². The molecule has 5 heteroatoms. The molecule has 1 amide bonds. The zero-order chi connectivity index (χ0) is 21.7. The van der Waals surface area contributed by atoms with E-state index < -0.39 is 11.6 Å². The van der Waals surface area contributed by atoms with Gasteiger partial charge in [0.2, 0.25) is 5.91 Å². The topological polar surface area (TPSA) is 61.8 Å². The Morgan fingerprint density at radius 2 is 1.77 bits per heavy atom. The number of benzene rings is 2. The molecule has 0 spiro atoms. The summed E-state index contributed by atoms with van der Waals surface area (Å²) in [6.07, 6.45) is 2.82. The van der Waals surface area contributed by atoms with Crippen LogP contribution >= 0.6 is 0 Å². The largest absolute Gasteiger partial charge is 0.389 e. The van der Waals surface area contributed by atoms with E-state index in [1.54, 1.807) is 0 Å². The van der Waals surface area contributed by atoms with Crippen LogP contribution in [0.15, 0.2) is 60.7 Å². The highest BCUT2D eigenvalue weighted by Gasteiger charge is 2.51. The van der Waals surface area contributed by atoms with Crippen LogP contribution in [0.5, 0.6) is 0 Å². The highest BCUT2D eigenvalue weighted by atomic mass is 16.5. The number of rotatable bonds is 9. The second kappa shape index (κ2) is 9.51. The fourth-order valence-corrected chi connectivity index (χ4v) is 4.41. The lowest BCUT2D eigenvalue weighted by atomic mass is 9.78. The zero-order valence-corrected chi connectivity index (χ0v) is 18.4. The molecule has 1 aliphatic carbocycles. The number of hydrogen-bond acceptors (Lipinski definition) is 4. The van der Waals surface area contributed by atoms with E-state index >= 15 is 0 Å². The van der Waals surface area contributed by atoms with Crippen molar-refractivity contribution < 1.29 is 14.6 Å². The van der Waals surface area contributed by atoms with E-state index in [1.165, 1.54) is 5.56 Å². The molecule has 2 aliphatic rings. The summed E-state index contributed by atoms with van der Waals surface area (Å²) in [5, 5.41) is 14.5. The lowest BCUT2D eigenvalue weighted by Crippen LogP contribution is -2.62. The van der Waals surface area contributed by atoms with Crippen LogP contribution in [0.2, 0.25) is 0 Å². The van der Waals surface area contributed by atoms with Gasteiger partial charge in [-0.15, -0.1) is 0 Å². The Kier molecular flexibility index (Phi) is 6.75. The second-order valence-corrected chi connectivity index (χ2v) is 9.31. The predicted octanol–water partition coefficient (Wildman–Crippen LogP) is 3.47. The molecule has 1 aliphatic heterocycles. The maximum Gasteiger partial charge on any atom is 0.226 e. The molecule has 0 bridgehead atoms. The van der Waals surface area contributed by atoms with Gasteiger partial charge in [0.15, 0.2) is 0 Å². The number of nitrogens with one attached hydrogen (secondary N) is 1. The van der Waals surface area contributed by atoms with Gasteiger partial charge >= 0.3 is 0 Å². The Hall–Kier alpha value is -2.21. The van der Waals surface area contributed by atoms with E-state index in [-0.39, 0.29) is 11.3 Å².